The van der Waals surface area contributed by atoms with Crippen LogP contribution in [0.3, 0.4) is 0 Å². The van der Waals surface area contributed by atoms with Crippen LogP contribution in [0.4, 0.5) is 5.82 Å². The molecule has 0 unspecified atom stereocenters. The number of para-hydroxylation sites is 1. The number of amides is 3. The number of aromatic nitrogens is 1. The van der Waals surface area contributed by atoms with Gasteiger partial charge in [0.05, 0.1) is 22.4 Å². The summed E-state index contributed by atoms with van der Waals surface area (Å²) in [7, 11) is 0. The molecule has 3 amide bonds. The molecule has 25 heavy (non-hydrogen) atoms. The Morgan fingerprint density at radius 2 is 1.92 bits per heavy atom. The number of nitrogens with zero attached hydrogens (tertiary/aromatic N) is 1. The van der Waals surface area contributed by atoms with Crippen molar-refractivity contribution in [3.8, 4) is 5.69 Å². The molecule has 2 heterocycles. The molecular formula is C17H16N4O4. The van der Waals surface area contributed by atoms with E-state index < -0.39 is 17.4 Å². The molecule has 8 heteroatoms. The van der Waals surface area contributed by atoms with E-state index in [0.29, 0.717) is 6.54 Å². The van der Waals surface area contributed by atoms with Crippen molar-refractivity contribution in [1.29, 1.82) is 0 Å². The maximum atomic E-state index is 12.5. The molecule has 1 aliphatic heterocycles. The summed E-state index contributed by atoms with van der Waals surface area (Å²) in [6.07, 6.45) is 0.761. The first-order valence-corrected chi connectivity index (χ1v) is 7.74. The van der Waals surface area contributed by atoms with E-state index in [4.69, 9.17) is 5.73 Å². The van der Waals surface area contributed by atoms with Gasteiger partial charge in [-0.25, -0.2) is 0 Å². The van der Waals surface area contributed by atoms with Crippen LogP contribution in [0.25, 0.3) is 5.69 Å². The van der Waals surface area contributed by atoms with E-state index in [0.717, 1.165) is 17.1 Å². The summed E-state index contributed by atoms with van der Waals surface area (Å²) >= 11 is 0. The molecule has 4 N–H and O–H groups in total. The lowest BCUT2D eigenvalue weighted by Crippen LogP contribution is -2.29. The van der Waals surface area contributed by atoms with Crippen LogP contribution >= 0.6 is 0 Å². The number of nitrogens with two attached hydrogens (primary N) is 1. The van der Waals surface area contributed by atoms with Gasteiger partial charge < -0.3 is 11.1 Å². The molecule has 0 bridgehead atoms. The number of fused-ring (bicyclic) bond motifs is 1. The first-order valence-electron chi connectivity index (χ1n) is 7.74. The number of hydrogen-bond acceptors (Lipinski definition) is 5. The summed E-state index contributed by atoms with van der Waals surface area (Å²) in [6.45, 7) is 2.41. The first-order chi connectivity index (χ1) is 12.0. The molecule has 0 saturated heterocycles. The SMILES string of the molecule is CCCNC(=O)c1ccccc1-n1c(N)c2c(cc1=O)C(=O)NC2=O. The molecule has 0 fully saturated rings. The minimum Gasteiger partial charge on any atom is -0.384 e. The van der Waals surface area contributed by atoms with Crippen LogP contribution in [-0.2, 0) is 0 Å². The molecule has 1 aliphatic rings. The zero-order valence-corrected chi connectivity index (χ0v) is 13.5. The second-order valence-electron chi connectivity index (χ2n) is 5.55. The van der Waals surface area contributed by atoms with Crippen molar-refractivity contribution in [1.82, 2.24) is 15.2 Å². The number of rotatable bonds is 4. The lowest BCUT2D eigenvalue weighted by Gasteiger charge is -2.15. The molecule has 3 rings (SSSR count). The van der Waals surface area contributed by atoms with Gasteiger partial charge in [0.1, 0.15) is 5.82 Å². The van der Waals surface area contributed by atoms with Crippen molar-refractivity contribution in [2.75, 3.05) is 12.3 Å². The second-order valence-corrected chi connectivity index (χ2v) is 5.55. The highest BCUT2D eigenvalue weighted by molar-refractivity contribution is 6.23. The van der Waals surface area contributed by atoms with E-state index in [1.165, 1.54) is 0 Å². The number of carbonyl (C=O) groups excluding carboxylic acids is 3. The van der Waals surface area contributed by atoms with Gasteiger partial charge in [-0.15, -0.1) is 0 Å². The van der Waals surface area contributed by atoms with Gasteiger partial charge in [0.2, 0.25) is 0 Å². The average Bonchev–Trinajstić information content (AvgIpc) is 2.87. The fraction of sp³-hybridized carbons (Fsp3) is 0.176. The Morgan fingerprint density at radius 1 is 1.20 bits per heavy atom. The Hall–Kier alpha value is -3.42. The van der Waals surface area contributed by atoms with Gasteiger partial charge in [0.15, 0.2) is 0 Å². The van der Waals surface area contributed by atoms with Crippen molar-refractivity contribution in [3.63, 3.8) is 0 Å². The molecule has 0 aliphatic carbocycles. The van der Waals surface area contributed by atoms with E-state index >= 15 is 0 Å². The number of nitrogen functional groups attached to an aromatic ring is 1. The molecule has 128 valence electrons. The smallest absolute Gasteiger partial charge is 0.262 e. The molecule has 1 aromatic heterocycles. The van der Waals surface area contributed by atoms with Crippen molar-refractivity contribution >= 4 is 23.5 Å². The Balaban J connectivity index is 2.21. The van der Waals surface area contributed by atoms with Crippen LogP contribution in [0.15, 0.2) is 35.1 Å². The number of imide groups is 1. The lowest BCUT2D eigenvalue weighted by molar-refractivity contribution is 0.0878. The lowest BCUT2D eigenvalue weighted by atomic mass is 10.1. The summed E-state index contributed by atoms with van der Waals surface area (Å²) in [5.74, 6) is -1.87. The first kappa shape index (κ1) is 16.4. The highest BCUT2D eigenvalue weighted by Crippen LogP contribution is 2.24. The third-order valence-corrected chi connectivity index (χ3v) is 3.88. The third-order valence-electron chi connectivity index (χ3n) is 3.88. The van der Waals surface area contributed by atoms with Crippen LogP contribution in [0.5, 0.6) is 0 Å². The van der Waals surface area contributed by atoms with Crippen LogP contribution in [0, 0.1) is 0 Å². The summed E-state index contributed by atoms with van der Waals surface area (Å²) in [5, 5.41) is 4.84. The Kier molecular flexibility index (Phi) is 4.10. The van der Waals surface area contributed by atoms with Gasteiger partial charge in [0, 0.05) is 12.6 Å². The number of hydrogen-bond donors (Lipinski definition) is 3. The second kappa shape index (κ2) is 6.23. The number of nitrogens with one attached hydrogen (secondary N) is 2. The van der Waals surface area contributed by atoms with E-state index in [1.807, 2.05) is 6.92 Å². The van der Waals surface area contributed by atoms with Crippen molar-refractivity contribution in [2.45, 2.75) is 13.3 Å². The Morgan fingerprint density at radius 3 is 2.64 bits per heavy atom. The highest BCUT2D eigenvalue weighted by atomic mass is 16.2. The number of carbonyl (C=O) groups is 3. The molecular weight excluding hydrogens is 324 g/mol. The largest absolute Gasteiger partial charge is 0.384 e. The van der Waals surface area contributed by atoms with E-state index in [9.17, 15) is 19.2 Å². The van der Waals surface area contributed by atoms with Gasteiger partial charge in [-0.1, -0.05) is 19.1 Å². The minimum atomic E-state index is -0.667. The standard InChI is InChI=1S/C17H16N4O4/c1-2-7-19-15(23)9-5-3-4-6-11(9)21-12(22)8-10-13(14(21)18)17(25)20-16(10)24/h3-6,8H,2,7,18H2,1H3,(H,19,23)(H,20,24,25). The summed E-state index contributed by atoms with van der Waals surface area (Å²) in [4.78, 5) is 48.5. The van der Waals surface area contributed by atoms with Crippen molar-refractivity contribution in [2.24, 2.45) is 0 Å². The molecule has 8 nitrogen and oxygen atoms in total. The zero-order valence-electron chi connectivity index (χ0n) is 13.5. The van der Waals surface area contributed by atoms with E-state index in [2.05, 4.69) is 10.6 Å². The molecule has 0 atom stereocenters. The number of anilines is 1. The van der Waals surface area contributed by atoms with Crippen LogP contribution in [0.2, 0.25) is 0 Å². The maximum absolute atomic E-state index is 12.5. The molecule has 0 spiro atoms. The zero-order chi connectivity index (χ0) is 18.1. The Bertz CT molecular complexity index is 962. The topological polar surface area (TPSA) is 123 Å². The van der Waals surface area contributed by atoms with E-state index in [-0.39, 0.29) is 34.1 Å². The van der Waals surface area contributed by atoms with Gasteiger partial charge in [-0.3, -0.25) is 29.1 Å². The number of benzene rings is 1. The predicted molar refractivity (Wildman–Crippen MR) is 90.9 cm³/mol. The summed E-state index contributed by atoms with van der Waals surface area (Å²) < 4.78 is 1.07. The number of pyridine rings is 1. The summed E-state index contributed by atoms with van der Waals surface area (Å²) in [5.41, 5.74) is 5.78. The maximum Gasteiger partial charge on any atom is 0.262 e. The molecule has 2 aromatic rings. The fourth-order valence-electron chi connectivity index (χ4n) is 2.72. The van der Waals surface area contributed by atoms with Crippen LogP contribution in [-0.4, -0.2) is 28.8 Å². The van der Waals surface area contributed by atoms with Gasteiger partial charge in [0.25, 0.3) is 23.3 Å². The van der Waals surface area contributed by atoms with Crippen LogP contribution < -0.4 is 21.9 Å². The minimum absolute atomic E-state index is 0.0586. The normalized spacial score (nSPS) is 12.7. The third kappa shape index (κ3) is 2.67. The average molecular weight is 340 g/mol. The fourth-order valence-corrected chi connectivity index (χ4v) is 2.72. The van der Waals surface area contributed by atoms with E-state index in [1.54, 1.807) is 24.3 Å². The highest BCUT2D eigenvalue weighted by Gasteiger charge is 2.32. The summed E-state index contributed by atoms with van der Waals surface area (Å²) in [6, 6.07) is 7.47. The van der Waals surface area contributed by atoms with Crippen molar-refractivity contribution < 1.29 is 14.4 Å². The van der Waals surface area contributed by atoms with Gasteiger partial charge in [-0.05, 0) is 18.6 Å². The molecule has 0 radical (unpaired) electrons. The van der Waals surface area contributed by atoms with Crippen molar-refractivity contribution in [3.05, 3.63) is 57.4 Å². The van der Waals surface area contributed by atoms with Crippen LogP contribution in [0.1, 0.15) is 44.4 Å². The quantitative estimate of drug-likeness (QED) is 0.697. The van der Waals surface area contributed by atoms with Gasteiger partial charge >= 0.3 is 0 Å². The monoisotopic (exact) mass is 340 g/mol. The predicted octanol–water partition coefficient (Wildman–Crippen LogP) is 0.443. The Labute approximate surface area is 142 Å². The van der Waals surface area contributed by atoms with Gasteiger partial charge in [-0.2, -0.15) is 0 Å². The molecule has 1 aromatic carbocycles. The molecule has 0 saturated carbocycles.